The van der Waals surface area contributed by atoms with E-state index in [0.29, 0.717) is 38.0 Å². The molecule has 3 aromatic rings. The molecule has 2 saturated heterocycles. The van der Waals surface area contributed by atoms with Crippen LogP contribution in [0.4, 0.5) is 11.8 Å². The second kappa shape index (κ2) is 10.2. The number of aromatic nitrogens is 3. The van der Waals surface area contributed by atoms with Crippen molar-refractivity contribution in [1.29, 1.82) is 0 Å². The summed E-state index contributed by atoms with van der Waals surface area (Å²) >= 11 is 2.36. The predicted molar refractivity (Wildman–Crippen MR) is 142 cm³/mol. The smallest absolute Gasteiger partial charge is 0.229 e. The van der Waals surface area contributed by atoms with Gasteiger partial charge in [0, 0.05) is 28.6 Å². The van der Waals surface area contributed by atoms with E-state index in [-0.39, 0.29) is 12.1 Å². The highest BCUT2D eigenvalue weighted by Crippen LogP contribution is 2.32. The molecular weight excluding hydrogens is 545 g/mol. The third kappa shape index (κ3) is 4.52. The van der Waals surface area contributed by atoms with Crippen molar-refractivity contribution in [2.24, 2.45) is 0 Å². The van der Waals surface area contributed by atoms with Crippen molar-refractivity contribution in [2.45, 2.75) is 30.4 Å². The summed E-state index contributed by atoms with van der Waals surface area (Å²) in [6.45, 7) is 8.61. The summed E-state index contributed by atoms with van der Waals surface area (Å²) in [6, 6.07) is 10.8. The minimum Gasteiger partial charge on any atom is -0.496 e. The molecule has 4 heterocycles. The molecule has 0 unspecified atom stereocenters. The van der Waals surface area contributed by atoms with Crippen LogP contribution in [0.3, 0.4) is 0 Å². The maximum Gasteiger partial charge on any atom is 0.229 e. The summed E-state index contributed by atoms with van der Waals surface area (Å²) in [5, 5.41) is 0.963. The molecule has 0 amide bonds. The zero-order chi connectivity index (χ0) is 23.7. The molecule has 0 radical (unpaired) electrons. The van der Waals surface area contributed by atoms with E-state index in [2.05, 4.69) is 70.5 Å². The predicted octanol–water partition coefficient (Wildman–Crippen LogP) is 4.09. The van der Waals surface area contributed by atoms with Crippen molar-refractivity contribution >= 4 is 45.4 Å². The summed E-state index contributed by atoms with van der Waals surface area (Å²) in [5.74, 6) is 2.54. The molecule has 180 valence electrons. The summed E-state index contributed by atoms with van der Waals surface area (Å²) in [7, 11) is 1.71. The summed E-state index contributed by atoms with van der Waals surface area (Å²) < 4.78 is 17.7. The Morgan fingerprint density at radius 2 is 1.71 bits per heavy atom. The fraction of sp³-hybridized carbons (Fsp3) is 0.480. The number of halogens is 1. The van der Waals surface area contributed by atoms with Gasteiger partial charge in [-0.05, 0) is 44.2 Å². The molecule has 2 aliphatic rings. The molecule has 2 fully saturated rings. The molecule has 2 aromatic heterocycles. The fourth-order valence-electron chi connectivity index (χ4n) is 4.60. The number of hydrogen-bond acceptors (Lipinski definition) is 8. The van der Waals surface area contributed by atoms with Crippen LogP contribution in [0.5, 0.6) is 5.75 Å². The van der Waals surface area contributed by atoms with E-state index >= 15 is 0 Å². The van der Waals surface area contributed by atoms with Gasteiger partial charge in [-0.1, -0.05) is 22.6 Å². The van der Waals surface area contributed by atoms with Crippen LogP contribution in [0, 0.1) is 0 Å². The van der Waals surface area contributed by atoms with Gasteiger partial charge in [-0.3, -0.25) is 0 Å². The Morgan fingerprint density at radius 1 is 0.971 bits per heavy atom. The molecule has 1 aromatic carbocycles. The first-order chi connectivity index (χ1) is 16.6. The fourth-order valence-corrected chi connectivity index (χ4v) is 5.20. The van der Waals surface area contributed by atoms with E-state index in [1.165, 1.54) is 0 Å². The number of morpholine rings is 2. The van der Waals surface area contributed by atoms with Crippen LogP contribution >= 0.6 is 22.6 Å². The zero-order valence-electron chi connectivity index (χ0n) is 19.8. The monoisotopic (exact) mass is 575 g/mol. The van der Waals surface area contributed by atoms with E-state index in [0.717, 1.165) is 51.3 Å². The Bertz CT molecular complexity index is 1180. The highest BCUT2D eigenvalue weighted by molar-refractivity contribution is 14.1. The van der Waals surface area contributed by atoms with Crippen LogP contribution in [0.15, 0.2) is 30.3 Å². The van der Waals surface area contributed by atoms with E-state index in [1.54, 1.807) is 7.11 Å². The van der Waals surface area contributed by atoms with Crippen LogP contribution in [0.1, 0.15) is 19.4 Å². The summed E-state index contributed by atoms with van der Waals surface area (Å²) in [4.78, 5) is 19.6. The quantitative estimate of drug-likeness (QED) is 0.333. The Balaban J connectivity index is 1.64. The van der Waals surface area contributed by atoms with Gasteiger partial charge in [-0.2, -0.15) is 9.97 Å². The van der Waals surface area contributed by atoms with Crippen LogP contribution in [-0.4, -0.2) is 73.7 Å². The van der Waals surface area contributed by atoms with Gasteiger partial charge in [0.1, 0.15) is 11.6 Å². The Labute approximate surface area is 213 Å². The molecule has 0 N–H and O–H groups in total. The maximum absolute atomic E-state index is 5.69. The Morgan fingerprint density at radius 3 is 2.38 bits per heavy atom. The SMILES string of the molecule is COc1ccc(-c2ccc3c(N4CCOC[C@@H]4C)nc(N4CCOC[C@@H]4C)nc3n2)cc1CI. The van der Waals surface area contributed by atoms with Gasteiger partial charge in [-0.25, -0.2) is 4.98 Å². The largest absolute Gasteiger partial charge is 0.496 e. The average molecular weight is 575 g/mol. The second-order valence-electron chi connectivity index (χ2n) is 8.81. The topological polar surface area (TPSA) is 72.8 Å². The molecule has 2 atom stereocenters. The van der Waals surface area contributed by atoms with Gasteiger partial charge >= 0.3 is 0 Å². The Hall–Kier alpha value is -2.24. The first kappa shape index (κ1) is 23.5. The van der Waals surface area contributed by atoms with E-state index < -0.39 is 0 Å². The Kier molecular flexibility index (Phi) is 7.03. The van der Waals surface area contributed by atoms with E-state index in [4.69, 9.17) is 29.2 Å². The zero-order valence-corrected chi connectivity index (χ0v) is 22.0. The average Bonchev–Trinajstić information content (AvgIpc) is 2.88. The van der Waals surface area contributed by atoms with Crippen molar-refractivity contribution in [1.82, 2.24) is 15.0 Å². The number of benzene rings is 1. The van der Waals surface area contributed by atoms with Crippen LogP contribution in [0.25, 0.3) is 22.3 Å². The normalized spacial score (nSPS) is 21.2. The number of anilines is 2. The second-order valence-corrected chi connectivity index (χ2v) is 9.57. The van der Waals surface area contributed by atoms with Gasteiger partial charge in [0.25, 0.3) is 0 Å². The van der Waals surface area contributed by atoms with Gasteiger partial charge in [0.2, 0.25) is 5.95 Å². The third-order valence-electron chi connectivity index (χ3n) is 6.51. The van der Waals surface area contributed by atoms with Gasteiger partial charge in [0.05, 0.1) is 56.7 Å². The van der Waals surface area contributed by atoms with E-state index in [9.17, 15) is 0 Å². The minimum absolute atomic E-state index is 0.206. The molecule has 9 heteroatoms. The molecule has 0 aliphatic carbocycles. The highest BCUT2D eigenvalue weighted by Gasteiger charge is 2.27. The number of ether oxygens (including phenoxy) is 3. The lowest BCUT2D eigenvalue weighted by Crippen LogP contribution is -2.46. The van der Waals surface area contributed by atoms with Gasteiger partial charge < -0.3 is 24.0 Å². The lowest BCUT2D eigenvalue weighted by Gasteiger charge is -2.37. The molecule has 0 saturated carbocycles. The van der Waals surface area contributed by atoms with Crippen LogP contribution < -0.4 is 14.5 Å². The minimum atomic E-state index is 0.206. The highest BCUT2D eigenvalue weighted by atomic mass is 127. The number of methoxy groups -OCH3 is 1. The van der Waals surface area contributed by atoms with Crippen molar-refractivity contribution < 1.29 is 14.2 Å². The molecule has 8 nitrogen and oxygen atoms in total. The molecular formula is C25H30IN5O3. The van der Waals surface area contributed by atoms with Crippen molar-refractivity contribution in [2.75, 3.05) is 56.4 Å². The van der Waals surface area contributed by atoms with E-state index in [1.807, 2.05) is 6.07 Å². The number of alkyl halides is 1. The number of rotatable bonds is 5. The summed E-state index contributed by atoms with van der Waals surface area (Å²) in [5.41, 5.74) is 3.80. The maximum atomic E-state index is 5.69. The third-order valence-corrected chi connectivity index (χ3v) is 7.33. The lowest BCUT2D eigenvalue weighted by molar-refractivity contribution is 0.0973. The van der Waals surface area contributed by atoms with Crippen LogP contribution in [-0.2, 0) is 13.9 Å². The molecule has 5 rings (SSSR count). The molecule has 34 heavy (non-hydrogen) atoms. The van der Waals surface area contributed by atoms with Crippen molar-refractivity contribution in [3.63, 3.8) is 0 Å². The van der Waals surface area contributed by atoms with Crippen LogP contribution in [0.2, 0.25) is 0 Å². The molecule has 2 aliphatic heterocycles. The van der Waals surface area contributed by atoms with Gasteiger partial charge in [0.15, 0.2) is 5.65 Å². The number of pyridine rings is 1. The molecule has 0 spiro atoms. The molecule has 0 bridgehead atoms. The van der Waals surface area contributed by atoms with Crippen molar-refractivity contribution in [3.8, 4) is 17.0 Å². The lowest BCUT2D eigenvalue weighted by atomic mass is 10.1. The van der Waals surface area contributed by atoms with Crippen molar-refractivity contribution in [3.05, 3.63) is 35.9 Å². The number of hydrogen-bond donors (Lipinski definition) is 0. The first-order valence-electron chi connectivity index (χ1n) is 11.7. The standard InChI is InChI=1S/C25H30IN5O3/c1-16-14-33-10-8-30(16)24-20-5-6-21(18-4-7-22(32-3)19(12-18)13-26)27-23(20)28-25(29-24)31-9-11-34-15-17(31)2/h4-7,12,16-17H,8-11,13-15H2,1-3H3/t16-,17-/m0/s1. The van der Waals surface area contributed by atoms with Gasteiger partial charge in [-0.15, -0.1) is 0 Å². The number of fused-ring (bicyclic) bond motifs is 1. The first-order valence-corrected chi connectivity index (χ1v) is 13.2. The number of nitrogens with zero attached hydrogens (tertiary/aromatic N) is 5. The summed E-state index contributed by atoms with van der Waals surface area (Å²) in [6.07, 6.45) is 0.